The molecule has 8 heteroatoms. The fraction of sp³-hybridized carbons (Fsp3) is 0.423. The quantitative estimate of drug-likeness (QED) is 0.487. The van der Waals surface area contributed by atoms with E-state index in [2.05, 4.69) is 0 Å². The number of hydrogen-bond acceptors (Lipinski definition) is 6. The van der Waals surface area contributed by atoms with E-state index >= 15 is 0 Å². The first-order valence-electron chi connectivity index (χ1n) is 11.4. The van der Waals surface area contributed by atoms with E-state index in [0.717, 1.165) is 22.4 Å². The summed E-state index contributed by atoms with van der Waals surface area (Å²) in [6.45, 7) is 8.12. The summed E-state index contributed by atoms with van der Waals surface area (Å²) < 4.78 is 33.9. The van der Waals surface area contributed by atoms with Gasteiger partial charge in [-0.05, 0) is 69.5 Å². The maximum Gasteiger partial charge on any atom is 0.315 e. The molecule has 1 aliphatic carbocycles. The maximum atomic E-state index is 13.6. The van der Waals surface area contributed by atoms with Crippen LogP contribution in [-0.4, -0.2) is 50.0 Å². The van der Waals surface area contributed by atoms with Crippen LogP contribution in [0.4, 0.5) is 5.69 Å². The number of ether oxygens (including phenoxy) is 1. The molecule has 0 saturated carbocycles. The van der Waals surface area contributed by atoms with Crippen LogP contribution in [0.2, 0.25) is 0 Å². The molecule has 1 saturated heterocycles. The average molecular weight is 483 g/mol. The van der Waals surface area contributed by atoms with Gasteiger partial charge in [0, 0.05) is 13.1 Å². The molecule has 2 aromatic rings. The monoisotopic (exact) mass is 482 g/mol. The zero-order valence-electron chi connectivity index (χ0n) is 20.2. The first-order valence-corrected chi connectivity index (χ1v) is 12.8. The molecular weight excluding hydrogens is 452 g/mol. The number of hydrogen-bond donors (Lipinski definition) is 0. The van der Waals surface area contributed by atoms with Gasteiger partial charge in [0.05, 0.1) is 23.2 Å². The van der Waals surface area contributed by atoms with Crippen LogP contribution < -0.4 is 5.06 Å². The molecule has 1 fully saturated rings. The molecule has 2 aromatic carbocycles. The van der Waals surface area contributed by atoms with Crippen molar-refractivity contribution in [3.8, 4) is 0 Å². The summed E-state index contributed by atoms with van der Waals surface area (Å²) in [5, 5.41) is 1.86. The lowest BCUT2D eigenvalue weighted by Gasteiger charge is -2.63. The van der Waals surface area contributed by atoms with E-state index in [-0.39, 0.29) is 24.0 Å². The second kappa shape index (κ2) is 7.41. The third kappa shape index (κ3) is 2.95. The Labute approximate surface area is 201 Å². The standard InChI is InChI=1S/C26H30N2O5S/c1-18-11-13-20(14-12-18)34(30,31)27-15-21-22(16-27)26(4)24(2,23(29)32-5)17-25(21,3)28(33-26)19-9-7-6-8-10-19/h6-14H,15-17H2,1-5H3/t24-,25+,26+/m1/s1. The second-order valence-electron chi connectivity index (χ2n) is 10.1. The van der Waals surface area contributed by atoms with Crippen molar-refractivity contribution in [3.63, 3.8) is 0 Å². The Morgan fingerprint density at radius 2 is 1.59 bits per heavy atom. The SMILES string of the molecule is COC(=O)[C@@]1(C)C[C@@]2(C)C3=C(CN(S(=O)(=O)c4ccc(C)cc4)C3)[C@]1(C)ON2c1ccccc1. The van der Waals surface area contributed by atoms with Crippen LogP contribution in [0.25, 0.3) is 0 Å². The topological polar surface area (TPSA) is 76.1 Å². The van der Waals surface area contributed by atoms with Crippen molar-refractivity contribution in [2.24, 2.45) is 5.41 Å². The van der Waals surface area contributed by atoms with E-state index in [4.69, 9.17) is 9.57 Å². The Morgan fingerprint density at radius 3 is 2.21 bits per heavy atom. The van der Waals surface area contributed by atoms with Gasteiger partial charge in [0.1, 0.15) is 11.0 Å². The number of benzene rings is 2. The van der Waals surface area contributed by atoms with Crippen LogP contribution in [0.3, 0.4) is 0 Å². The number of fused-ring (bicyclic) bond motifs is 2. The van der Waals surface area contributed by atoms with Crippen LogP contribution in [-0.2, 0) is 24.4 Å². The highest BCUT2D eigenvalue weighted by Crippen LogP contribution is 2.62. The number of methoxy groups -OCH3 is 1. The molecular formula is C26H30N2O5S. The van der Waals surface area contributed by atoms with Crippen molar-refractivity contribution in [2.75, 3.05) is 25.3 Å². The van der Waals surface area contributed by atoms with Gasteiger partial charge in [0.25, 0.3) is 0 Å². The molecule has 0 radical (unpaired) electrons. The predicted molar refractivity (Wildman–Crippen MR) is 129 cm³/mol. The Bertz CT molecular complexity index is 1290. The molecule has 3 heterocycles. The van der Waals surface area contributed by atoms with Gasteiger partial charge in [-0.25, -0.2) is 13.5 Å². The molecule has 3 atom stereocenters. The van der Waals surface area contributed by atoms with Gasteiger partial charge in [-0.1, -0.05) is 35.9 Å². The first kappa shape index (κ1) is 23.1. The van der Waals surface area contributed by atoms with Crippen molar-refractivity contribution >= 4 is 21.7 Å². The lowest BCUT2D eigenvalue weighted by Crippen LogP contribution is -2.72. The molecule has 34 heavy (non-hydrogen) atoms. The van der Waals surface area contributed by atoms with Gasteiger partial charge in [-0.15, -0.1) is 0 Å². The van der Waals surface area contributed by atoms with Crippen molar-refractivity contribution in [2.45, 2.75) is 50.2 Å². The number of anilines is 1. The van der Waals surface area contributed by atoms with Crippen LogP contribution in [0.1, 0.15) is 32.8 Å². The summed E-state index contributed by atoms with van der Waals surface area (Å²) in [6.07, 6.45) is 0.440. The predicted octanol–water partition coefficient (Wildman–Crippen LogP) is 3.85. The molecule has 7 nitrogen and oxygen atoms in total. The number of para-hydroxylation sites is 1. The van der Waals surface area contributed by atoms with E-state index in [9.17, 15) is 13.2 Å². The number of carbonyl (C=O) groups is 1. The Hall–Kier alpha value is -2.68. The van der Waals surface area contributed by atoms with Crippen LogP contribution >= 0.6 is 0 Å². The second-order valence-corrected chi connectivity index (χ2v) is 12.0. The van der Waals surface area contributed by atoms with Crippen LogP contribution in [0.5, 0.6) is 0 Å². The largest absolute Gasteiger partial charge is 0.469 e. The third-order valence-electron chi connectivity index (χ3n) is 8.02. The van der Waals surface area contributed by atoms with Crippen molar-refractivity contribution in [1.29, 1.82) is 0 Å². The number of hydroxylamine groups is 1. The molecule has 2 bridgehead atoms. The highest BCUT2D eigenvalue weighted by atomic mass is 32.2. The zero-order valence-corrected chi connectivity index (χ0v) is 21.0. The lowest BCUT2D eigenvalue weighted by atomic mass is 9.56. The molecule has 6 rings (SSSR count). The summed E-state index contributed by atoms with van der Waals surface area (Å²) in [4.78, 5) is 20.0. The zero-order chi connectivity index (χ0) is 24.5. The van der Waals surface area contributed by atoms with Gasteiger partial charge in [-0.3, -0.25) is 9.63 Å². The Kier molecular flexibility index (Phi) is 5.03. The Balaban J connectivity index is 1.62. The molecule has 0 spiro atoms. The van der Waals surface area contributed by atoms with Crippen molar-refractivity contribution < 1.29 is 22.8 Å². The number of nitrogens with zero attached hydrogens (tertiary/aromatic N) is 2. The summed E-state index contributed by atoms with van der Waals surface area (Å²) in [7, 11) is -2.35. The normalized spacial score (nSPS) is 31.0. The minimum Gasteiger partial charge on any atom is -0.469 e. The minimum atomic E-state index is -3.73. The van der Waals surface area contributed by atoms with E-state index < -0.39 is 26.6 Å². The molecule has 0 N–H and O–H groups in total. The van der Waals surface area contributed by atoms with Gasteiger partial charge in [0.15, 0.2) is 0 Å². The first-order chi connectivity index (χ1) is 16.0. The summed E-state index contributed by atoms with van der Waals surface area (Å²) in [5.74, 6) is -0.361. The highest BCUT2D eigenvalue weighted by molar-refractivity contribution is 7.89. The number of aryl methyl sites for hydroxylation is 1. The molecule has 180 valence electrons. The average Bonchev–Trinajstić information content (AvgIpc) is 3.30. The summed E-state index contributed by atoms with van der Waals surface area (Å²) in [5.41, 5.74) is 0.907. The molecule has 0 amide bonds. The molecule has 0 aromatic heterocycles. The number of esters is 1. The van der Waals surface area contributed by atoms with E-state index in [1.54, 1.807) is 24.3 Å². The van der Waals surface area contributed by atoms with Crippen LogP contribution in [0.15, 0.2) is 70.6 Å². The maximum absolute atomic E-state index is 13.6. The Morgan fingerprint density at radius 1 is 0.971 bits per heavy atom. The van der Waals surface area contributed by atoms with E-state index in [0.29, 0.717) is 6.42 Å². The smallest absolute Gasteiger partial charge is 0.315 e. The van der Waals surface area contributed by atoms with Crippen molar-refractivity contribution in [1.82, 2.24) is 4.31 Å². The number of carbonyl (C=O) groups excluding carboxylic acids is 1. The fourth-order valence-corrected chi connectivity index (χ4v) is 7.26. The molecule has 0 unspecified atom stereocenters. The number of sulfonamides is 1. The van der Waals surface area contributed by atoms with Gasteiger partial charge >= 0.3 is 5.97 Å². The van der Waals surface area contributed by atoms with Crippen LogP contribution in [0, 0.1) is 12.3 Å². The third-order valence-corrected chi connectivity index (χ3v) is 9.82. The lowest BCUT2D eigenvalue weighted by molar-refractivity contribution is -0.204. The summed E-state index contributed by atoms with van der Waals surface area (Å²) in [6, 6.07) is 16.6. The van der Waals surface area contributed by atoms with E-state index in [1.165, 1.54) is 11.4 Å². The van der Waals surface area contributed by atoms with Crippen molar-refractivity contribution in [3.05, 3.63) is 71.3 Å². The van der Waals surface area contributed by atoms with Gasteiger partial charge in [0.2, 0.25) is 10.0 Å². The molecule has 4 aliphatic rings. The highest BCUT2D eigenvalue weighted by Gasteiger charge is 2.70. The minimum absolute atomic E-state index is 0.173. The molecule has 3 aliphatic heterocycles. The van der Waals surface area contributed by atoms with Gasteiger partial charge in [-0.2, -0.15) is 4.31 Å². The summed E-state index contributed by atoms with van der Waals surface area (Å²) >= 11 is 0. The fourth-order valence-electron chi connectivity index (χ4n) is 5.89. The van der Waals surface area contributed by atoms with Gasteiger partial charge < -0.3 is 4.74 Å². The van der Waals surface area contributed by atoms with E-state index in [1.807, 2.05) is 63.1 Å². The number of rotatable bonds is 4.